The lowest BCUT2D eigenvalue weighted by Crippen LogP contribution is -2.48. The van der Waals surface area contributed by atoms with E-state index < -0.39 is 42.9 Å². The maximum absolute atomic E-state index is 12.4. The highest BCUT2D eigenvalue weighted by Crippen LogP contribution is 2.41. The van der Waals surface area contributed by atoms with Crippen molar-refractivity contribution < 1.29 is 36.9 Å². The van der Waals surface area contributed by atoms with Crippen LogP contribution in [0.15, 0.2) is 0 Å². The first-order valence-corrected chi connectivity index (χ1v) is 27.1. The van der Waals surface area contributed by atoms with Gasteiger partial charge in [-0.2, -0.15) is 0 Å². The Bertz CT molecular complexity index is 1660. The van der Waals surface area contributed by atoms with Crippen LogP contribution in [0.3, 0.4) is 0 Å². The zero-order chi connectivity index (χ0) is 56.6. The molecule has 0 rings (SSSR count). The fraction of sp³-hybridized carbons (Fsp3) is 0.912. The summed E-state index contributed by atoms with van der Waals surface area (Å²) >= 11 is 0. The van der Waals surface area contributed by atoms with Gasteiger partial charge >= 0.3 is 0 Å². The Labute approximate surface area is 452 Å². The molecule has 0 heterocycles. The molecule has 73 heavy (non-hydrogen) atoms. The molecular formula is C57H122N7O8S-. The minimum atomic E-state index is -4.27. The number of nitrogens with one attached hydrogen (secondary N) is 5. The first-order valence-electron chi connectivity index (χ1n) is 25.5. The fourth-order valence-corrected chi connectivity index (χ4v) is 5.50. The van der Waals surface area contributed by atoms with E-state index in [-0.39, 0.29) is 85.4 Å². The molecule has 16 heteroatoms. The Morgan fingerprint density at radius 1 is 0.342 bits per heavy atom. The van der Waals surface area contributed by atoms with Gasteiger partial charge in [-0.25, -0.2) is 8.42 Å². The summed E-state index contributed by atoms with van der Waals surface area (Å²) in [6.07, 6.45) is 1.84. The van der Waals surface area contributed by atoms with Crippen molar-refractivity contribution in [3.63, 3.8) is 0 Å². The SMILES string of the molecule is C.C.C.CC(C)(C)C(C)(C)C(=O)NCCS(=O)(=O)[O-].CN(CCCNC(=O)C(C)(C)C(C)(C)C)CCCNC(=O)C(C)(C)C(C)(C)C.CN(CCNC(=O)C(C)(C)C(C)(C)C)CCNC(=O)C(C)(C)C(C)(C)C. The lowest BCUT2D eigenvalue weighted by atomic mass is 9.69. The summed E-state index contributed by atoms with van der Waals surface area (Å²) in [5.74, 6) is -0.418. The number of carbonyl (C=O) groups is 5. The van der Waals surface area contributed by atoms with Crippen LogP contribution in [-0.2, 0) is 34.1 Å². The number of amides is 5. The molecule has 0 aliphatic carbocycles. The highest BCUT2D eigenvalue weighted by Gasteiger charge is 2.43. The third-order valence-corrected chi connectivity index (χ3v) is 17.1. The Morgan fingerprint density at radius 3 is 0.712 bits per heavy atom. The summed E-state index contributed by atoms with van der Waals surface area (Å²) in [5, 5.41) is 14.7. The van der Waals surface area contributed by atoms with Crippen molar-refractivity contribution in [2.75, 3.05) is 78.8 Å². The molecule has 0 bridgehead atoms. The molecule has 5 amide bonds. The third-order valence-electron chi connectivity index (χ3n) is 16.4. The molecule has 0 aliphatic heterocycles. The molecular weight excluding hydrogens is 943 g/mol. The van der Waals surface area contributed by atoms with Crippen molar-refractivity contribution in [3.8, 4) is 0 Å². The first kappa shape index (κ1) is 81.5. The summed E-state index contributed by atoms with van der Waals surface area (Å²) in [5.41, 5.74) is -2.81. The van der Waals surface area contributed by atoms with E-state index in [9.17, 15) is 36.9 Å². The smallest absolute Gasteiger partial charge is 0.226 e. The molecule has 0 fully saturated rings. The Balaban J connectivity index is -0.000000234. The van der Waals surface area contributed by atoms with Crippen LogP contribution < -0.4 is 26.6 Å². The second-order valence-corrected chi connectivity index (χ2v) is 28.8. The fourth-order valence-electron chi connectivity index (χ4n) is 5.14. The highest BCUT2D eigenvalue weighted by molar-refractivity contribution is 7.85. The number of hydrogen-bond donors (Lipinski definition) is 5. The van der Waals surface area contributed by atoms with Crippen LogP contribution in [0.25, 0.3) is 0 Å². The van der Waals surface area contributed by atoms with E-state index in [1.807, 2.05) is 83.2 Å². The van der Waals surface area contributed by atoms with Crippen LogP contribution in [0.4, 0.5) is 0 Å². The summed E-state index contributed by atoms with van der Waals surface area (Å²) in [6, 6.07) is 0. The normalized spacial score (nSPS) is 13.1. The van der Waals surface area contributed by atoms with E-state index in [2.05, 4.69) is 127 Å². The maximum atomic E-state index is 12.4. The van der Waals surface area contributed by atoms with Gasteiger partial charge in [-0.15, -0.1) is 0 Å². The van der Waals surface area contributed by atoms with Crippen LogP contribution in [0.5, 0.6) is 0 Å². The predicted octanol–water partition coefficient (Wildman–Crippen LogP) is 10.00. The average Bonchev–Trinajstić information content (AvgIpc) is 3.15. The van der Waals surface area contributed by atoms with Crippen LogP contribution in [0, 0.1) is 54.1 Å². The van der Waals surface area contributed by atoms with Gasteiger partial charge in [-0.05, 0) is 67.1 Å². The summed E-state index contributed by atoms with van der Waals surface area (Å²) < 4.78 is 31.1. The third kappa shape index (κ3) is 28.2. The van der Waals surface area contributed by atoms with Crippen LogP contribution in [-0.4, -0.2) is 131 Å². The highest BCUT2D eigenvalue weighted by atomic mass is 32.2. The minimum Gasteiger partial charge on any atom is -0.748 e. The van der Waals surface area contributed by atoms with Crippen LogP contribution in [0.1, 0.15) is 208 Å². The molecule has 15 nitrogen and oxygen atoms in total. The van der Waals surface area contributed by atoms with Gasteiger partial charge in [-0.1, -0.05) is 195 Å². The van der Waals surface area contributed by atoms with Gasteiger partial charge in [-0.3, -0.25) is 24.0 Å². The van der Waals surface area contributed by atoms with E-state index >= 15 is 0 Å². The molecule has 0 aromatic heterocycles. The van der Waals surface area contributed by atoms with E-state index in [4.69, 9.17) is 0 Å². The maximum Gasteiger partial charge on any atom is 0.226 e. The second-order valence-electron chi connectivity index (χ2n) is 27.2. The van der Waals surface area contributed by atoms with Gasteiger partial charge in [0, 0.05) is 72.9 Å². The molecule has 0 saturated heterocycles. The second kappa shape index (κ2) is 31.4. The zero-order valence-corrected chi connectivity index (χ0v) is 50.9. The largest absolute Gasteiger partial charge is 0.748 e. The number of nitrogens with zero attached hydrogens (tertiary/aromatic N) is 2. The Morgan fingerprint density at radius 2 is 0.521 bits per heavy atom. The molecule has 440 valence electrons. The predicted molar refractivity (Wildman–Crippen MR) is 310 cm³/mol. The van der Waals surface area contributed by atoms with Crippen LogP contribution in [0.2, 0.25) is 0 Å². The summed E-state index contributed by atoms with van der Waals surface area (Å²) in [6.45, 7) is 56.2. The topological polar surface area (TPSA) is 209 Å². The van der Waals surface area contributed by atoms with Crippen molar-refractivity contribution >= 4 is 39.7 Å². The Hall–Kier alpha value is -2.82. The van der Waals surface area contributed by atoms with Crippen molar-refractivity contribution in [1.29, 1.82) is 0 Å². The zero-order valence-electron chi connectivity index (χ0n) is 50.1. The molecule has 0 unspecified atom stereocenters. The van der Waals surface area contributed by atoms with Gasteiger partial charge < -0.3 is 40.9 Å². The van der Waals surface area contributed by atoms with E-state index in [0.29, 0.717) is 26.2 Å². The number of likely N-dealkylation sites (N-methyl/N-ethyl adjacent to an activating group) is 1. The number of carbonyl (C=O) groups excluding carboxylic acids is 5. The molecule has 0 aliphatic rings. The van der Waals surface area contributed by atoms with E-state index in [0.717, 1.165) is 39.0 Å². The molecule has 0 aromatic rings. The van der Waals surface area contributed by atoms with Crippen molar-refractivity contribution in [2.45, 2.75) is 208 Å². The first-order chi connectivity index (χ1) is 30.8. The van der Waals surface area contributed by atoms with Crippen molar-refractivity contribution in [1.82, 2.24) is 36.4 Å². The number of rotatable bonds is 22. The lowest BCUT2D eigenvalue weighted by Gasteiger charge is -2.37. The van der Waals surface area contributed by atoms with Crippen molar-refractivity contribution in [3.05, 3.63) is 0 Å². The van der Waals surface area contributed by atoms with Gasteiger partial charge in [0.2, 0.25) is 29.5 Å². The molecule has 5 N–H and O–H groups in total. The van der Waals surface area contributed by atoms with Gasteiger partial charge in [0.25, 0.3) is 0 Å². The lowest BCUT2D eigenvalue weighted by molar-refractivity contribution is -0.135. The van der Waals surface area contributed by atoms with Gasteiger partial charge in [0.05, 0.1) is 15.9 Å². The van der Waals surface area contributed by atoms with Gasteiger partial charge in [0.15, 0.2) is 0 Å². The number of hydrogen-bond acceptors (Lipinski definition) is 10. The monoisotopic (exact) mass is 1060 g/mol. The molecule has 0 radical (unpaired) electrons. The minimum absolute atomic E-state index is 0. The van der Waals surface area contributed by atoms with E-state index in [1.165, 1.54) is 0 Å². The molecule has 0 saturated carbocycles. The summed E-state index contributed by atoms with van der Waals surface area (Å²) in [4.78, 5) is 65.8. The average molecular weight is 1070 g/mol. The summed E-state index contributed by atoms with van der Waals surface area (Å²) in [7, 11) is -0.178. The van der Waals surface area contributed by atoms with Crippen LogP contribution >= 0.6 is 0 Å². The molecule has 0 atom stereocenters. The molecule has 0 aromatic carbocycles. The quantitative estimate of drug-likeness (QED) is 0.0512. The Kier molecular flexibility index (Phi) is 35.1. The van der Waals surface area contributed by atoms with E-state index in [1.54, 1.807) is 13.8 Å². The standard InChI is InChI=1S/C23H47N3O2.C21H43N3O2.C10H21NO4S.3CH4/c1-20(2,3)22(7,8)18(27)24-14-12-16-26(11)17-13-15-25-19(28)23(9,10)21(4,5)6;1-18(2,3)20(7,8)16(25)22-12-14-24(11)15-13-23-17(26)21(9,10)19(4,5)6;1-9(2,3)10(4,5)8(12)11-6-7-16(13,14)15;;;/h12-17H2,1-11H3,(H,24,27)(H,25,28);12-15H2,1-11H3,(H,22,25)(H,23,26);6-7H2,1-5H3,(H,11,12)(H,13,14,15);3*1H4/p-1. The van der Waals surface area contributed by atoms with Crippen molar-refractivity contribution in [2.24, 2.45) is 54.1 Å². The van der Waals surface area contributed by atoms with Gasteiger partial charge in [0.1, 0.15) is 0 Å². The molecule has 0 spiro atoms.